The molecule has 0 saturated carbocycles. The Hall–Kier alpha value is -1.15. The molecule has 0 saturated heterocycles. The molecule has 0 N–H and O–H groups in total. The molecule has 0 fully saturated rings. The van der Waals surface area contributed by atoms with Crippen molar-refractivity contribution in [1.29, 1.82) is 0 Å². The lowest BCUT2D eigenvalue weighted by Crippen LogP contribution is -2.14. The fourth-order valence-corrected chi connectivity index (χ4v) is 1.36. The summed E-state index contributed by atoms with van der Waals surface area (Å²) in [4.78, 5) is 15.7. The highest BCUT2D eigenvalue weighted by Gasteiger charge is 2.12. The van der Waals surface area contributed by atoms with E-state index in [1.54, 1.807) is 44.3 Å². The first-order valence-electron chi connectivity index (χ1n) is 4.42. The van der Waals surface area contributed by atoms with Gasteiger partial charge in [-0.3, -0.25) is 9.79 Å². The summed E-state index contributed by atoms with van der Waals surface area (Å²) in [5.41, 5.74) is 0.607. The fourth-order valence-electron chi connectivity index (χ4n) is 1.17. The predicted octanol–water partition coefficient (Wildman–Crippen LogP) is 3.00. The first-order chi connectivity index (χ1) is 6.65. The van der Waals surface area contributed by atoms with Gasteiger partial charge < -0.3 is 0 Å². The number of carbonyl (C=O) groups excluding carboxylic acids is 1. The van der Waals surface area contributed by atoms with E-state index >= 15 is 0 Å². The lowest BCUT2D eigenvalue weighted by Gasteiger charge is -2.04. The zero-order chi connectivity index (χ0) is 10.6. The smallest absolute Gasteiger partial charge is 0.187 e. The molecular weight excluding hydrogens is 198 g/mol. The number of rotatable bonds is 3. The molecule has 1 rings (SSSR count). The van der Waals surface area contributed by atoms with Crippen molar-refractivity contribution in [3.8, 4) is 0 Å². The van der Waals surface area contributed by atoms with Crippen LogP contribution in [0, 0.1) is 0 Å². The third kappa shape index (κ3) is 2.67. The van der Waals surface area contributed by atoms with Gasteiger partial charge in [-0.1, -0.05) is 23.7 Å². The Morgan fingerprint density at radius 3 is 2.86 bits per heavy atom. The molecule has 0 aliphatic carbocycles. The Morgan fingerprint density at radius 1 is 1.57 bits per heavy atom. The zero-order valence-electron chi connectivity index (χ0n) is 8.20. The number of halogens is 1. The molecule has 1 unspecified atom stereocenters. The molecule has 0 heterocycles. The van der Waals surface area contributed by atoms with E-state index in [4.69, 9.17) is 11.6 Å². The van der Waals surface area contributed by atoms with Gasteiger partial charge in [0.05, 0.1) is 0 Å². The highest BCUT2D eigenvalue weighted by Crippen LogP contribution is 2.13. The van der Waals surface area contributed by atoms with Gasteiger partial charge in [0, 0.05) is 10.6 Å². The van der Waals surface area contributed by atoms with Gasteiger partial charge in [0.15, 0.2) is 5.78 Å². The Labute approximate surface area is 88.6 Å². The molecule has 0 bridgehead atoms. The van der Waals surface area contributed by atoms with E-state index < -0.39 is 0 Å². The van der Waals surface area contributed by atoms with E-state index in [-0.39, 0.29) is 11.8 Å². The van der Waals surface area contributed by atoms with Crippen LogP contribution in [0.3, 0.4) is 0 Å². The summed E-state index contributed by atoms with van der Waals surface area (Å²) >= 11 is 5.78. The molecule has 0 aliphatic heterocycles. The molecule has 1 atom stereocenters. The summed E-state index contributed by atoms with van der Waals surface area (Å²) in [5, 5.41) is 0.573. The predicted molar refractivity (Wildman–Crippen MR) is 59.4 cm³/mol. The highest BCUT2D eigenvalue weighted by atomic mass is 35.5. The van der Waals surface area contributed by atoms with Gasteiger partial charge in [0.1, 0.15) is 6.04 Å². The van der Waals surface area contributed by atoms with Gasteiger partial charge in [0.25, 0.3) is 0 Å². The molecule has 0 amide bonds. The second kappa shape index (κ2) is 4.91. The number of hydrogen-bond acceptors (Lipinski definition) is 2. The Balaban J connectivity index is 2.89. The largest absolute Gasteiger partial charge is 0.292 e. The monoisotopic (exact) mass is 209 g/mol. The minimum absolute atomic E-state index is 0.00870. The van der Waals surface area contributed by atoms with Gasteiger partial charge in [0.2, 0.25) is 0 Å². The van der Waals surface area contributed by atoms with Crippen LogP contribution in [0.5, 0.6) is 0 Å². The second-order valence-corrected chi connectivity index (χ2v) is 3.39. The number of ketones is 1. The van der Waals surface area contributed by atoms with Crippen molar-refractivity contribution in [2.45, 2.75) is 19.9 Å². The topological polar surface area (TPSA) is 29.4 Å². The first-order valence-corrected chi connectivity index (χ1v) is 4.80. The summed E-state index contributed by atoms with van der Waals surface area (Å²) < 4.78 is 0. The third-order valence-electron chi connectivity index (χ3n) is 1.86. The minimum atomic E-state index is -0.335. The van der Waals surface area contributed by atoms with E-state index in [0.29, 0.717) is 10.6 Å². The molecule has 0 aliphatic rings. The number of Topliss-reactive ketones (excluding diaryl/α,β-unsaturated/α-hetero) is 1. The van der Waals surface area contributed by atoms with Gasteiger partial charge in [-0.15, -0.1) is 0 Å². The second-order valence-electron chi connectivity index (χ2n) is 2.96. The van der Waals surface area contributed by atoms with Crippen LogP contribution >= 0.6 is 11.6 Å². The molecule has 0 radical (unpaired) electrons. The molecule has 0 spiro atoms. The average molecular weight is 210 g/mol. The van der Waals surface area contributed by atoms with Crippen LogP contribution in [0.2, 0.25) is 5.02 Å². The van der Waals surface area contributed by atoms with Crippen molar-refractivity contribution < 1.29 is 4.79 Å². The van der Waals surface area contributed by atoms with Crippen molar-refractivity contribution >= 4 is 23.6 Å². The number of benzene rings is 1. The van der Waals surface area contributed by atoms with E-state index in [1.165, 1.54) is 0 Å². The van der Waals surface area contributed by atoms with E-state index in [2.05, 4.69) is 4.99 Å². The van der Waals surface area contributed by atoms with Crippen LogP contribution in [0.15, 0.2) is 29.3 Å². The summed E-state index contributed by atoms with van der Waals surface area (Å²) in [6, 6.07) is 6.57. The first kappa shape index (κ1) is 10.9. The number of aliphatic imine (C=N–C) groups is 1. The maximum Gasteiger partial charge on any atom is 0.187 e. The molecule has 2 nitrogen and oxygen atoms in total. The van der Waals surface area contributed by atoms with Crippen LogP contribution < -0.4 is 0 Å². The van der Waals surface area contributed by atoms with Crippen LogP contribution in [0.25, 0.3) is 0 Å². The fraction of sp³-hybridized carbons (Fsp3) is 0.273. The van der Waals surface area contributed by atoms with E-state index in [9.17, 15) is 4.79 Å². The summed E-state index contributed by atoms with van der Waals surface area (Å²) in [6.45, 7) is 3.56. The van der Waals surface area contributed by atoms with Gasteiger partial charge in [-0.05, 0) is 32.2 Å². The Morgan fingerprint density at radius 2 is 2.29 bits per heavy atom. The summed E-state index contributed by atoms with van der Waals surface area (Å²) in [6.07, 6.45) is 1.63. The van der Waals surface area contributed by atoms with E-state index in [0.717, 1.165) is 0 Å². The molecule has 74 valence electrons. The molecule has 0 aromatic heterocycles. The lowest BCUT2D eigenvalue weighted by atomic mass is 10.1. The molecule has 3 heteroatoms. The average Bonchev–Trinajstić information content (AvgIpc) is 2.17. The lowest BCUT2D eigenvalue weighted by molar-refractivity contribution is 0.0969. The normalized spacial score (nSPS) is 13.1. The van der Waals surface area contributed by atoms with E-state index in [1.807, 2.05) is 0 Å². The Kier molecular flexibility index (Phi) is 3.84. The highest BCUT2D eigenvalue weighted by molar-refractivity contribution is 6.31. The minimum Gasteiger partial charge on any atom is -0.292 e. The maximum atomic E-state index is 11.7. The van der Waals surface area contributed by atoms with Crippen molar-refractivity contribution in [2.75, 3.05) is 0 Å². The number of nitrogens with zero attached hydrogens (tertiary/aromatic N) is 1. The summed E-state index contributed by atoms with van der Waals surface area (Å²) in [7, 11) is 0. The van der Waals surface area contributed by atoms with Gasteiger partial charge in [-0.2, -0.15) is 0 Å². The molecule has 1 aromatic rings. The van der Waals surface area contributed by atoms with Crippen LogP contribution in [-0.4, -0.2) is 18.0 Å². The van der Waals surface area contributed by atoms with Crippen LogP contribution in [0.4, 0.5) is 0 Å². The molecule has 1 aromatic carbocycles. The van der Waals surface area contributed by atoms with Crippen molar-refractivity contribution in [2.24, 2.45) is 4.99 Å². The van der Waals surface area contributed by atoms with Crippen LogP contribution in [-0.2, 0) is 0 Å². The SMILES string of the molecule is CC=NC(C)C(=O)c1cccc(Cl)c1. The van der Waals surface area contributed by atoms with Gasteiger partial charge >= 0.3 is 0 Å². The van der Waals surface area contributed by atoms with Crippen molar-refractivity contribution in [3.05, 3.63) is 34.9 Å². The standard InChI is InChI=1S/C11H12ClNO/c1-3-13-8(2)11(14)9-5-4-6-10(12)7-9/h3-8H,1-2H3. The third-order valence-corrected chi connectivity index (χ3v) is 2.10. The Bertz CT molecular complexity index is 360. The quantitative estimate of drug-likeness (QED) is 0.556. The van der Waals surface area contributed by atoms with Crippen molar-refractivity contribution in [1.82, 2.24) is 0 Å². The molecule has 14 heavy (non-hydrogen) atoms. The molecular formula is C11H12ClNO. The summed E-state index contributed by atoms with van der Waals surface area (Å²) in [5.74, 6) is -0.00870. The van der Waals surface area contributed by atoms with Gasteiger partial charge in [-0.25, -0.2) is 0 Å². The zero-order valence-corrected chi connectivity index (χ0v) is 8.95. The van der Waals surface area contributed by atoms with Crippen LogP contribution in [0.1, 0.15) is 24.2 Å². The number of hydrogen-bond donors (Lipinski definition) is 0. The van der Waals surface area contributed by atoms with Crippen molar-refractivity contribution in [3.63, 3.8) is 0 Å². The number of carbonyl (C=O) groups is 1. The maximum absolute atomic E-state index is 11.7.